The summed E-state index contributed by atoms with van der Waals surface area (Å²) in [5.74, 6) is 0.851. The lowest BCUT2D eigenvalue weighted by molar-refractivity contribution is 0.180. The van der Waals surface area contributed by atoms with Crippen LogP contribution in [0.3, 0.4) is 0 Å². The smallest absolute Gasteiger partial charge is 0.191 e. The lowest BCUT2D eigenvalue weighted by Gasteiger charge is -2.18. The normalized spacial score (nSPS) is 11.5. The molecule has 0 amide bonds. The van der Waals surface area contributed by atoms with Crippen molar-refractivity contribution in [3.8, 4) is 0 Å². The van der Waals surface area contributed by atoms with Crippen LogP contribution < -0.4 is 10.6 Å². The summed E-state index contributed by atoms with van der Waals surface area (Å²) < 4.78 is 5.07. The molecule has 0 unspecified atom stereocenters. The van der Waals surface area contributed by atoms with Gasteiger partial charge in [0.05, 0.1) is 17.2 Å². The molecule has 1 aromatic heterocycles. The molecule has 6 nitrogen and oxygen atoms in total. The summed E-state index contributed by atoms with van der Waals surface area (Å²) in [6.45, 7) is 9.38. The SMILES string of the molecule is CCNC(=NCc1csc(CC)n1)NCCN(C)CCCOC.I. The van der Waals surface area contributed by atoms with Crippen LogP contribution in [0.1, 0.15) is 31.0 Å². The van der Waals surface area contributed by atoms with Crippen molar-refractivity contribution in [2.75, 3.05) is 46.9 Å². The number of aromatic nitrogens is 1. The molecule has 8 heteroatoms. The average molecular weight is 469 g/mol. The first kappa shape index (κ1) is 23.5. The number of hydrogen-bond donors (Lipinski definition) is 2. The van der Waals surface area contributed by atoms with Crippen LogP contribution in [0.15, 0.2) is 10.4 Å². The van der Waals surface area contributed by atoms with Gasteiger partial charge in [-0.05, 0) is 26.8 Å². The van der Waals surface area contributed by atoms with Crippen LogP contribution in [0.25, 0.3) is 0 Å². The summed E-state index contributed by atoms with van der Waals surface area (Å²) >= 11 is 1.71. The fourth-order valence-corrected chi connectivity index (χ4v) is 2.78. The second-order valence-corrected chi connectivity index (χ2v) is 6.30. The molecule has 24 heavy (non-hydrogen) atoms. The highest BCUT2D eigenvalue weighted by Gasteiger charge is 2.02. The van der Waals surface area contributed by atoms with E-state index < -0.39 is 0 Å². The van der Waals surface area contributed by atoms with Crippen LogP contribution in [0.4, 0.5) is 0 Å². The first-order chi connectivity index (χ1) is 11.2. The number of aryl methyl sites for hydroxylation is 1. The van der Waals surface area contributed by atoms with E-state index in [1.807, 2.05) is 0 Å². The number of nitrogens with one attached hydrogen (secondary N) is 2. The van der Waals surface area contributed by atoms with Crippen LogP contribution >= 0.6 is 35.3 Å². The molecular formula is C16H32IN5OS. The number of methoxy groups -OCH3 is 1. The van der Waals surface area contributed by atoms with Gasteiger partial charge in [0.2, 0.25) is 0 Å². The lowest BCUT2D eigenvalue weighted by Crippen LogP contribution is -2.41. The Morgan fingerprint density at radius 3 is 2.75 bits per heavy atom. The van der Waals surface area contributed by atoms with Crippen LogP contribution in [0, 0.1) is 0 Å². The monoisotopic (exact) mass is 469 g/mol. The molecule has 0 spiro atoms. The van der Waals surface area contributed by atoms with Crippen LogP contribution in [0.2, 0.25) is 0 Å². The Morgan fingerprint density at radius 2 is 2.12 bits per heavy atom. The minimum atomic E-state index is 0. The minimum absolute atomic E-state index is 0. The number of likely N-dealkylation sites (N-methyl/N-ethyl adjacent to an activating group) is 1. The van der Waals surface area contributed by atoms with Gasteiger partial charge in [0.1, 0.15) is 0 Å². The number of rotatable bonds is 11. The number of ether oxygens (including phenoxy) is 1. The Morgan fingerprint density at radius 1 is 1.33 bits per heavy atom. The quantitative estimate of drug-likeness (QED) is 0.226. The zero-order valence-electron chi connectivity index (χ0n) is 15.3. The van der Waals surface area contributed by atoms with E-state index in [2.05, 4.69) is 51.8 Å². The Kier molecular flexibility index (Phi) is 14.6. The van der Waals surface area contributed by atoms with E-state index in [0.717, 1.165) is 57.3 Å². The van der Waals surface area contributed by atoms with E-state index in [1.165, 1.54) is 5.01 Å². The van der Waals surface area contributed by atoms with Gasteiger partial charge in [-0.3, -0.25) is 0 Å². The first-order valence-corrected chi connectivity index (χ1v) is 9.20. The molecule has 0 aliphatic heterocycles. The lowest BCUT2D eigenvalue weighted by atomic mass is 10.4. The van der Waals surface area contributed by atoms with E-state index in [9.17, 15) is 0 Å². The number of aliphatic imine (C=N–C) groups is 1. The van der Waals surface area contributed by atoms with E-state index in [0.29, 0.717) is 6.54 Å². The van der Waals surface area contributed by atoms with Crippen molar-refractivity contribution in [1.29, 1.82) is 0 Å². The van der Waals surface area contributed by atoms with E-state index in [4.69, 9.17) is 4.74 Å². The molecule has 1 heterocycles. The zero-order chi connectivity index (χ0) is 16.9. The maximum Gasteiger partial charge on any atom is 0.191 e. The molecule has 0 saturated carbocycles. The highest BCUT2D eigenvalue weighted by molar-refractivity contribution is 14.0. The summed E-state index contributed by atoms with van der Waals surface area (Å²) in [7, 11) is 3.87. The summed E-state index contributed by atoms with van der Waals surface area (Å²) in [4.78, 5) is 11.4. The van der Waals surface area contributed by atoms with Crippen molar-refractivity contribution in [2.45, 2.75) is 33.2 Å². The highest BCUT2D eigenvalue weighted by Crippen LogP contribution is 2.10. The van der Waals surface area contributed by atoms with Gasteiger partial charge in [-0.25, -0.2) is 9.98 Å². The van der Waals surface area contributed by atoms with Crippen molar-refractivity contribution < 1.29 is 4.74 Å². The maximum atomic E-state index is 5.07. The van der Waals surface area contributed by atoms with Gasteiger partial charge in [0, 0.05) is 45.3 Å². The summed E-state index contributed by atoms with van der Waals surface area (Å²) in [5.41, 5.74) is 1.04. The fraction of sp³-hybridized carbons (Fsp3) is 0.750. The predicted molar refractivity (Wildman–Crippen MR) is 114 cm³/mol. The van der Waals surface area contributed by atoms with Crippen LogP contribution in [-0.2, 0) is 17.7 Å². The Hall–Kier alpha value is -0.450. The van der Waals surface area contributed by atoms with Crippen molar-refractivity contribution in [3.63, 3.8) is 0 Å². The number of guanidine groups is 1. The van der Waals surface area contributed by atoms with Crippen LogP contribution in [0.5, 0.6) is 0 Å². The molecule has 0 fully saturated rings. The van der Waals surface area contributed by atoms with Crippen molar-refractivity contribution in [2.24, 2.45) is 4.99 Å². The molecular weight excluding hydrogens is 437 g/mol. The molecule has 140 valence electrons. The Bertz CT molecular complexity index is 455. The predicted octanol–water partition coefficient (Wildman–Crippen LogP) is 2.35. The van der Waals surface area contributed by atoms with Gasteiger partial charge in [-0.15, -0.1) is 35.3 Å². The van der Waals surface area contributed by atoms with Gasteiger partial charge < -0.3 is 20.3 Å². The first-order valence-electron chi connectivity index (χ1n) is 8.32. The minimum Gasteiger partial charge on any atom is -0.385 e. The van der Waals surface area contributed by atoms with Crippen molar-refractivity contribution >= 4 is 41.3 Å². The molecule has 0 aliphatic carbocycles. The molecule has 0 aromatic carbocycles. The van der Waals surface area contributed by atoms with Crippen LogP contribution in [-0.4, -0.2) is 62.8 Å². The van der Waals surface area contributed by atoms with Gasteiger partial charge in [-0.1, -0.05) is 6.92 Å². The molecule has 0 saturated heterocycles. The maximum absolute atomic E-state index is 5.07. The zero-order valence-corrected chi connectivity index (χ0v) is 18.4. The molecule has 0 aliphatic rings. The molecule has 1 aromatic rings. The molecule has 0 bridgehead atoms. The molecule has 0 atom stereocenters. The van der Waals surface area contributed by atoms with Crippen molar-refractivity contribution in [1.82, 2.24) is 20.5 Å². The van der Waals surface area contributed by atoms with E-state index >= 15 is 0 Å². The third-order valence-electron chi connectivity index (χ3n) is 3.32. The van der Waals surface area contributed by atoms with Gasteiger partial charge in [-0.2, -0.15) is 0 Å². The van der Waals surface area contributed by atoms with Gasteiger partial charge in [0.25, 0.3) is 0 Å². The van der Waals surface area contributed by atoms with Gasteiger partial charge in [0.15, 0.2) is 5.96 Å². The summed E-state index contributed by atoms with van der Waals surface area (Å²) in [5, 5.41) is 9.92. The number of halogens is 1. The van der Waals surface area contributed by atoms with E-state index in [1.54, 1.807) is 18.4 Å². The highest BCUT2D eigenvalue weighted by atomic mass is 127. The number of thiazole rings is 1. The number of nitrogens with zero attached hydrogens (tertiary/aromatic N) is 3. The second kappa shape index (κ2) is 14.9. The fourth-order valence-electron chi connectivity index (χ4n) is 2.04. The van der Waals surface area contributed by atoms with Gasteiger partial charge >= 0.3 is 0 Å². The third kappa shape index (κ3) is 10.4. The number of hydrogen-bond acceptors (Lipinski definition) is 5. The largest absolute Gasteiger partial charge is 0.385 e. The average Bonchev–Trinajstić information content (AvgIpc) is 3.01. The Labute approximate surface area is 167 Å². The standard InChI is InChI=1S/C16H31N5OS.HI/c1-5-15-20-14(13-23-15)12-19-16(17-6-2)18-8-10-21(3)9-7-11-22-4;/h13H,5-12H2,1-4H3,(H2,17,18,19);1H. The molecule has 2 N–H and O–H groups in total. The molecule has 1 rings (SSSR count). The summed E-state index contributed by atoms with van der Waals surface area (Å²) in [6.07, 6.45) is 2.05. The third-order valence-corrected chi connectivity index (χ3v) is 4.36. The van der Waals surface area contributed by atoms with Crippen molar-refractivity contribution in [3.05, 3.63) is 16.1 Å². The molecule has 0 radical (unpaired) electrons. The second-order valence-electron chi connectivity index (χ2n) is 5.36. The topological polar surface area (TPSA) is 61.8 Å². The summed E-state index contributed by atoms with van der Waals surface area (Å²) in [6, 6.07) is 0. The van der Waals surface area contributed by atoms with E-state index in [-0.39, 0.29) is 24.0 Å². The Balaban J connectivity index is 0.00000529.